The van der Waals surface area contributed by atoms with Crippen LogP contribution in [0.15, 0.2) is 18.2 Å². The van der Waals surface area contributed by atoms with Crippen molar-refractivity contribution in [1.82, 2.24) is 4.90 Å². The molecule has 0 atom stereocenters. The number of primary amides is 1. The monoisotopic (exact) mass is 277 g/mol. The molecule has 0 aromatic heterocycles. The number of nitrogens with one attached hydrogen (secondary N) is 1. The largest absolute Gasteiger partial charge is 0.369 e. The fourth-order valence-corrected chi connectivity index (χ4v) is 1.83. The summed E-state index contributed by atoms with van der Waals surface area (Å²) < 4.78 is 0. The maximum Gasteiger partial charge on any atom is 0.238 e. The zero-order valence-corrected chi connectivity index (χ0v) is 12.6. The lowest BCUT2D eigenvalue weighted by atomic mass is 10.1. The van der Waals surface area contributed by atoms with E-state index in [1.807, 2.05) is 45.9 Å². The predicted octanol–water partition coefficient (Wildman–Crippen LogP) is 1.44. The van der Waals surface area contributed by atoms with E-state index < -0.39 is 5.91 Å². The van der Waals surface area contributed by atoms with E-state index in [-0.39, 0.29) is 25.0 Å². The van der Waals surface area contributed by atoms with Crippen LogP contribution in [0.5, 0.6) is 0 Å². The Morgan fingerprint density at radius 3 is 2.35 bits per heavy atom. The molecule has 0 bridgehead atoms. The summed E-state index contributed by atoms with van der Waals surface area (Å²) in [5.74, 6) is -0.583. The molecular weight excluding hydrogens is 254 g/mol. The van der Waals surface area contributed by atoms with E-state index >= 15 is 0 Å². The Hall–Kier alpha value is -1.88. The van der Waals surface area contributed by atoms with Gasteiger partial charge in [0.2, 0.25) is 11.8 Å². The van der Waals surface area contributed by atoms with Crippen molar-refractivity contribution in [3.05, 3.63) is 29.3 Å². The summed E-state index contributed by atoms with van der Waals surface area (Å²) in [4.78, 5) is 24.7. The molecular formula is C15H23N3O2. The van der Waals surface area contributed by atoms with Crippen molar-refractivity contribution >= 4 is 17.5 Å². The number of anilines is 1. The molecule has 0 saturated heterocycles. The first-order chi connectivity index (χ1) is 9.29. The maximum atomic E-state index is 12.0. The van der Waals surface area contributed by atoms with E-state index in [4.69, 9.17) is 5.73 Å². The first-order valence-corrected chi connectivity index (χ1v) is 6.69. The Bertz CT molecular complexity index is 498. The zero-order valence-electron chi connectivity index (χ0n) is 12.6. The molecule has 0 aliphatic carbocycles. The number of amides is 2. The molecule has 2 amide bonds. The molecule has 0 unspecified atom stereocenters. The number of benzene rings is 1. The third kappa shape index (κ3) is 5.01. The number of carbonyl (C=O) groups excluding carboxylic acids is 2. The number of hydrogen-bond donors (Lipinski definition) is 2. The average Bonchev–Trinajstić information content (AvgIpc) is 2.32. The molecule has 0 spiro atoms. The minimum Gasteiger partial charge on any atom is -0.369 e. The van der Waals surface area contributed by atoms with Crippen LogP contribution in [0.3, 0.4) is 0 Å². The van der Waals surface area contributed by atoms with Gasteiger partial charge in [-0.3, -0.25) is 14.5 Å². The second-order valence-electron chi connectivity index (χ2n) is 5.31. The van der Waals surface area contributed by atoms with Gasteiger partial charge in [-0.1, -0.05) is 6.07 Å². The van der Waals surface area contributed by atoms with Crippen LogP contribution in [-0.4, -0.2) is 35.8 Å². The van der Waals surface area contributed by atoms with Gasteiger partial charge in [0.25, 0.3) is 0 Å². The quantitative estimate of drug-likeness (QED) is 0.826. The number of nitrogens with zero attached hydrogens (tertiary/aromatic N) is 1. The lowest BCUT2D eigenvalue weighted by Crippen LogP contribution is -2.43. The van der Waals surface area contributed by atoms with Gasteiger partial charge in [-0.25, -0.2) is 0 Å². The lowest BCUT2D eigenvalue weighted by molar-refractivity contribution is -0.121. The fraction of sp³-hybridized carbons (Fsp3) is 0.467. The van der Waals surface area contributed by atoms with Crippen molar-refractivity contribution in [1.29, 1.82) is 0 Å². The van der Waals surface area contributed by atoms with Crippen LogP contribution in [0.4, 0.5) is 5.69 Å². The Labute approximate surface area is 120 Å². The second kappa shape index (κ2) is 7.05. The van der Waals surface area contributed by atoms with Crippen molar-refractivity contribution in [2.24, 2.45) is 5.73 Å². The van der Waals surface area contributed by atoms with Crippen molar-refractivity contribution < 1.29 is 9.59 Å². The average molecular weight is 277 g/mol. The third-order valence-electron chi connectivity index (χ3n) is 3.23. The van der Waals surface area contributed by atoms with E-state index in [0.717, 1.165) is 11.3 Å². The van der Waals surface area contributed by atoms with Gasteiger partial charge in [0, 0.05) is 11.7 Å². The fourth-order valence-electron chi connectivity index (χ4n) is 1.83. The lowest BCUT2D eigenvalue weighted by Gasteiger charge is -2.24. The Kier molecular flexibility index (Phi) is 5.70. The van der Waals surface area contributed by atoms with Crippen LogP contribution >= 0.6 is 0 Å². The maximum absolute atomic E-state index is 12.0. The van der Waals surface area contributed by atoms with Gasteiger partial charge in [-0.15, -0.1) is 0 Å². The van der Waals surface area contributed by atoms with Crippen LogP contribution in [0, 0.1) is 13.8 Å². The molecule has 0 fully saturated rings. The van der Waals surface area contributed by atoms with E-state index in [1.54, 1.807) is 4.90 Å². The highest BCUT2D eigenvalue weighted by atomic mass is 16.2. The van der Waals surface area contributed by atoms with Crippen molar-refractivity contribution in [3.63, 3.8) is 0 Å². The molecule has 110 valence electrons. The van der Waals surface area contributed by atoms with Gasteiger partial charge in [0.05, 0.1) is 13.1 Å². The molecule has 0 aliphatic heterocycles. The molecule has 1 aromatic rings. The summed E-state index contributed by atoms with van der Waals surface area (Å²) in [5, 5.41) is 2.84. The van der Waals surface area contributed by atoms with Gasteiger partial charge in [0.1, 0.15) is 0 Å². The highest BCUT2D eigenvalue weighted by Gasteiger charge is 2.16. The molecule has 1 aromatic carbocycles. The highest BCUT2D eigenvalue weighted by molar-refractivity contribution is 5.92. The SMILES string of the molecule is Cc1ccc(NC(=O)CN(CC(N)=O)C(C)C)cc1C. The van der Waals surface area contributed by atoms with Crippen LogP contribution in [0.25, 0.3) is 0 Å². The third-order valence-corrected chi connectivity index (χ3v) is 3.23. The zero-order chi connectivity index (χ0) is 15.3. The molecule has 0 heterocycles. The number of carbonyl (C=O) groups is 2. The standard InChI is InChI=1S/C15H23N3O2/c1-10(2)18(8-14(16)19)9-15(20)17-13-6-5-11(3)12(4)7-13/h5-7,10H,8-9H2,1-4H3,(H2,16,19)(H,17,20). The summed E-state index contributed by atoms with van der Waals surface area (Å²) in [6.07, 6.45) is 0. The van der Waals surface area contributed by atoms with E-state index in [9.17, 15) is 9.59 Å². The van der Waals surface area contributed by atoms with Crippen LogP contribution in [0.1, 0.15) is 25.0 Å². The van der Waals surface area contributed by atoms with Crippen LogP contribution in [0.2, 0.25) is 0 Å². The van der Waals surface area contributed by atoms with Crippen molar-refractivity contribution in [2.45, 2.75) is 33.7 Å². The molecule has 0 radical (unpaired) electrons. The van der Waals surface area contributed by atoms with E-state index in [2.05, 4.69) is 5.32 Å². The van der Waals surface area contributed by atoms with Crippen molar-refractivity contribution in [3.8, 4) is 0 Å². The predicted molar refractivity (Wildman–Crippen MR) is 80.4 cm³/mol. The molecule has 3 N–H and O–H groups in total. The summed E-state index contributed by atoms with van der Waals surface area (Å²) >= 11 is 0. The topological polar surface area (TPSA) is 75.4 Å². The first-order valence-electron chi connectivity index (χ1n) is 6.69. The summed E-state index contributed by atoms with van der Waals surface area (Å²) in [6.45, 7) is 8.09. The molecule has 0 aliphatic rings. The number of aryl methyl sites for hydroxylation is 2. The molecule has 5 heteroatoms. The highest BCUT2D eigenvalue weighted by Crippen LogP contribution is 2.14. The number of rotatable bonds is 6. The van der Waals surface area contributed by atoms with Gasteiger partial charge < -0.3 is 11.1 Å². The Morgan fingerprint density at radius 1 is 1.20 bits per heavy atom. The van der Waals surface area contributed by atoms with E-state index in [1.165, 1.54) is 5.56 Å². The summed E-state index contributed by atoms with van der Waals surface area (Å²) in [7, 11) is 0. The Balaban J connectivity index is 2.65. The van der Waals surface area contributed by atoms with Crippen LogP contribution in [-0.2, 0) is 9.59 Å². The number of nitrogens with two attached hydrogens (primary N) is 1. The number of hydrogen-bond acceptors (Lipinski definition) is 3. The first kappa shape index (κ1) is 16.2. The van der Waals surface area contributed by atoms with Gasteiger partial charge in [-0.05, 0) is 51.0 Å². The van der Waals surface area contributed by atoms with Gasteiger partial charge >= 0.3 is 0 Å². The molecule has 5 nitrogen and oxygen atoms in total. The normalized spacial score (nSPS) is 10.9. The second-order valence-corrected chi connectivity index (χ2v) is 5.31. The minimum absolute atomic E-state index is 0.0769. The van der Waals surface area contributed by atoms with Crippen molar-refractivity contribution in [2.75, 3.05) is 18.4 Å². The Morgan fingerprint density at radius 2 is 1.85 bits per heavy atom. The smallest absolute Gasteiger partial charge is 0.238 e. The van der Waals surface area contributed by atoms with Crippen LogP contribution < -0.4 is 11.1 Å². The minimum atomic E-state index is -0.433. The van der Waals surface area contributed by atoms with Gasteiger partial charge in [-0.2, -0.15) is 0 Å². The van der Waals surface area contributed by atoms with E-state index in [0.29, 0.717) is 0 Å². The molecule has 1 rings (SSSR count). The molecule has 0 saturated carbocycles. The molecule has 20 heavy (non-hydrogen) atoms. The van der Waals surface area contributed by atoms with Gasteiger partial charge in [0.15, 0.2) is 0 Å². The summed E-state index contributed by atoms with van der Waals surface area (Å²) in [5.41, 5.74) is 8.25. The summed E-state index contributed by atoms with van der Waals surface area (Å²) in [6, 6.07) is 5.84.